The summed E-state index contributed by atoms with van der Waals surface area (Å²) in [4.78, 5) is 28.8. The zero-order chi connectivity index (χ0) is 19.0. The highest BCUT2D eigenvalue weighted by Gasteiger charge is 2.26. The second-order valence-corrected chi connectivity index (χ2v) is 6.95. The van der Waals surface area contributed by atoms with E-state index in [1.807, 2.05) is 30.3 Å². The van der Waals surface area contributed by atoms with Gasteiger partial charge < -0.3 is 15.0 Å². The molecule has 2 N–H and O–H groups in total. The SMILES string of the molecule is C[C@@H](C(=O)N[C@@H]1CCOc2ccccc21)n1c(=S)[nH]c2ccccc2c1=O. The van der Waals surface area contributed by atoms with Crippen molar-refractivity contribution in [3.05, 3.63) is 69.2 Å². The van der Waals surface area contributed by atoms with E-state index in [-0.39, 0.29) is 22.3 Å². The summed E-state index contributed by atoms with van der Waals surface area (Å²) in [5.41, 5.74) is 1.33. The minimum atomic E-state index is -0.735. The highest BCUT2D eigenvalue weighted by Crippen LogP contribution is 2.31. The average Bonchev–Trinajstić information content (AvgIpc) is 2.68. The first-order chi connectivity index (χ1) is 13.1. The van der Waals surface area contributed by atoms with E-state index in [4.69, 9.17) is 17.0 Å². The van der Waals surface area contributed by atoms with Crippen molar-refractivity contribution in [3.8, 4) is 5.75 Å². The normalized spacial score (nSPS) is 17.0. The highest BCUT2D eigenvalue weighted by atomic mass is 32.1. The predicted octanol–water partition coefficient (Wildman–Crippen LogP) is 3.26. The highest BCUT2D eigenvalue weighted by molar-refractivity contribution is 7.71. The van der Waals surface area contributed by atoms with Crippen LogP contribution in [-0.4, -0.2) is 22.1 Å². The van der Waals surface area contributed by atoms with Gasteiger partial charge in [0.1, 0.15) is 11.8 Å². The Kier molecular flexibility index (Phi) is 4.53. The van der Waals surface area contributed by atoms with E-state index >= 15 is 0 Å². The number of ether oxygens (including phenoxy) is 1. The second-order valence-electron chi connectivity index (χ2n) is 6.56. The Labute approximate surface area is 160 Å². The topological polar surface area (TPSA) is 76.1 Å². The van der Waals surface area contributed by atoms with Gasteiger partial charge in [0, 0.05) is 12.0 Å². The maximum Gasteiger partial charge on any atom is 0.262 e. The Bertz CT molecular complexity index is 1140. The number of fused-ring (bicyclic) bond motifs is 2. The molecule has 1 amide bonds. The van der Waals surface area contributed by atoms with Crippen LogP contribution in [0.3, 0.4) is 0 Å². The van der Waals surface area contributed by atoms with Gasteiger partial charge in [-0.05, 0) is 37.3 Å². The van der Waals surface area contributed by atoms with Crippen LogP contribution >= 0.6 is 12.2 Å². The number of amides is 1. The van der Waals surface area contributed by atoms with Gasteiger partial charge in [0.2, 0.25) is 5.91 Å². The van der Waals surface area contributed by atoms with Gasteiger partial charge in [-0.15, -0.1) is 0 Å². The van der Waals surface area contributed by atoms with Crippen molar-refractivity contribution in [2.45, 2.75) is 25.4 Å². The molecule has 138 valence electrons. The number of benzene rings is 2. The number of hydrogen-bond acceptors (Lipinski definition) is 4. The summed E-state index contributed by atoms with van der Waals surface area (Å²) < 4.78 is 7.20. The van der Waals surface area contributed by atoms with Crippen LogP contribution in [0.5, 0.6) is 5.75 Å². The number of nitrogens with one attached hydrogen (secondary N) is 2. The van der Waals surface area contributed by atoms with Crippen LogP contribution in [0.25, 0.3) is 10.9 Å². The smallest absolute Gasteiger partial charge is 0.262 e. The summed E-state index contributed by atoms with van der Waals surface area (Å²) in [6, 6.07) is 13.9. The molecule has 1 aliphatic rings. The fourth-order valence-electron chi connectivity index (χ4n) is 3.43. The van der Waals surface area contributed by atoms with Crippen molar-refractivity contribution in [2.24, 2.45) is 0 Å². The lowest BCUT2D eigenvalue weighted by atomic mass is 10.0. The number of carbonyl (C=O) groups is 1. The summed E-state index contributed by atoms with van der Waals surface area (Å²) in [6.07, 6.45) is 0.676. The predicted molar refractivity (Wildman–Crippen MR) is 106 cm³/mol. The molecular formula is C20H19N3O3S. The van der Waals surface area contributed by atoms with Gasteiger partial charge in [0.25, 0.3) is 5.56 Å². The number of rotatable bonds is 3. The zero-order valence-corrected chi connectivity index (χ0v) is 15.6. The van der Waals surface area contributed by atoms with E-state index < -0.39 is 6.04 Å². The number of aromatic amines is 1. The fourth-order valence-corrected chi connectivity index (χ4v) is 3.78. The summed E-state index contributed by atoms with van der Waals surface area (Å²) >= 11 is 5.34. The molecule has 27 heavy (non-hydrogen) atoms. The Morgan fingerprint density at radius 1 is 1.26 bits per heavy atom. The summed E-state index contributed by atoms with van der Waals surface area (Å²) in [5.74, 6) is 0.524. The number of carbonyl (C=O) groups excluding carboxylic acids is 1. The molecule has 3 aromatic rings. The largest absolute Gasteiger partial charge is 0.493 e. The van der Waals surface area contributed by atoms with Gasteiger partial charge in [-0.2, -0.15) is 0 Å². The molecule has 0 spiro atoms. The summed E-state index contributed by atoms with van der Waals surface area (Å²) in [5, 5.41) is 3.54. The standard InChI is InChI=1S/C20H19N3O3S/c1-12(23-19(25)14-7-2-4-8-15(14)22-20(23)27)18(24)21-16-10-11-26-17-9-5-3-6-13(16)17/h2-9,12,16H,10-11H2,1H3,(H,21,24)(H,22,27)/t12-,16+/m0/s1. The Balaban J connectivity index is 1.65. The zero-order valence-electron chi connectivity index (χ0n) is 14.8. The summed E-state index contributed by atoms with van der Waals surface area (Å²) in [6.45, 7) is 2.21. The van der Waals surface area contributed by atoms with Gasteiger partial charge >= 0.3 is 0 Å². The average molecular weight is 381 g/mol. The van der Waals surface area contributed by atoms with E-state index in [1.54, 1.807) is 25.1 Å². The molecular weight excluding hydrogens is 362 g/mol. The number of para-hydroxylation sites is 2. The third-order valence-corrected chi connectivity index (χ3v) is 5.18. The van der Waals surface area contributed by atoms with Gasteiger partial charge in [-0.3, -0.25) is 14.2 Å². The molecule has 2 aromatic carbocycles. The van der Waals surface area contributed by atoms with Gasteiger partial charge in [0.15, 0.2) is 4.77 Å². The molecule has 0 saturated carbocycles. The first-order valence-corrected chi connectivity index (χ1v) is 9.23. The molecule has 0 unspecified atom stereocenters. The minimum absolute atomic E-state index is 0.154. The molecule has 2 heterocycles. The van der Waals surface area contributed by atoms with Gasteiger partial charge in [-0.1, -0.05) is 30.3 Å². The Morgan fingerprint density at radius 2 is 2.00 bits per heavy atom. The molecule has 0 radical (unpaired) electrons. The van der Waals surface area contributed by atoms with E-state index in [0.717, 1.165) is 11.3 Å². The molecule has 0 fully saturated rings. The number of aromatic nitrogens is 2. The van der Waals surface area contributed by atoms with Crippen LogP contribution in [-0.2, 0) is 4.79 Å². The van der Waals surface area contributed by atoms with Crippen molar-refractivity contribution in [1.82, 2.24) is 14.9 Å². The molecule has 0 saturated heterocycles. The second kappa shape index (κ2) is 7.00. The molecule has 1 aliphatic heterocycles. The van der Waals surface area contributed by atoms with Crippen molar-refractivity contribution in [1.29, 1.82) is 0 Å². The molecule has 6 nitrogen and oxygen atoms in total. The van der Waals surface area contributed by atoms with Crippen LogP contribution in [0.2, 0.25) is 0 Å². The maximum atomic E-state index is 12.9. The quantitative estimate of drug-likeness (QED) is 0.683. The van der Waals surface area contributed by atoms with Crippen LogP contribution in [0.4, 0.5) is 0 Å². The summed E-state index contributed by atoms with van der Waals surface area (Å²) in [7, 11) is 0. The molecule has 1 aromatic heterocycles. The van der Waals surface area contributed by atoms with E-state index in [2.05, 4.69) is 10.3 Å². The lowest BCUT2D eigenvalue weighted by molar-refractivity contribution is -0.124. The maximum absolute atomic E-state index is 12.9. The number of hydrogen-bond donors (Lipinski definition) is 2. The molecule has 7 heteroatoms. The molecule has 4 rings (SSSR count). The molecule has 0 bridgehead atoms. The van der Waals surface area contributed by atoms with Gasteiger partial charge in [0.05, 0.1) is 23.6 Å². The number of H-pyrrole nitrogens is 1. The minimum Gasteiger partial charge on any atom is -0.493 e. The van der Waals surface area contributed by atoms with Crippen molar-refractivity contribution >= 4 is 29.0 Å². The number of nitrogens with zero attached hydrogens (tertiary/aromatic N) is 1. The van der Waals surface area contributed by atoms with E-state index in [9.17, 15) is 9.59 Å². The van der Waals surface area contributed by atoms with Crippen LogP contribution in [0.1, 0.15) is 31.0 Å². The third-order valence-electron chi connectivity index (χ3n) is 4.88. The van der Waals surface area contributed by atoms with Gasteiger partial charge in [-0.25, -0.2) is 0 Å². The first kappa shape index (κ1) is 17.5. The third kappa shape index (κ3) is 3.14. The van der Waals surface area contributed by atoms with Crippen molar-refractivity contribution < 1.29 is 9.53 Å². The fraction of sp³-hybridized carbons (Fsp3) is 0.250. The van der Waals surface area contributed by atoms with Crippen molar-refractivity contribution in [2.75, 3.05) is 6.61 Å². The van der Waals surface area contributed by atoms with Crippen molar-refractivity contribution in [3.63, 3.8) is 0 Å². The lowest BCUT2D eigenvalue weighted by Gasteiger charge is -2.28. The molecule has 2 atom stereocenters. The molecule has 0 aliphatic carbocycles. The lowest BCUT2D eigenvalue weighted by Crippen LogP contribution is -2.39. The Morgan fingerprint density at radius 3 is 2.85 bits per heavy atom. The van der Waals surface area contributed by atoms with E-state index in [0.29, 0.717) is 23.9 Å². The Hall–Kier alpha value is -2.93. The van der Waals surface area contributed by atoms with Crippen LogP contribution in [0, 0.1) is 4.77 Å². The first-order valence-electron chi connectivity index (χ1n) is 8.82. The van der Waals surface area contributed by atoms with Crippen LogP contribution < -0.4 is 15.6 Å². The van der Waals surface area contributed by atoms with Crippen LogP contribution in [0.15, 0.2) is 53.3 Å². The monoisotopic (exact) mass is 381 g/mol. The van der Waals surface area contributed by atoms with E-state index in [1.165, 1.54) is 4.57 Å².